The quantitative estimate of drug-likeness (QED) is 0.764. The van der Waals surface area contributed by atoms with E-state index in [2.05, 4.69) is 39.8 Å². The summed E-state index contributed by atoms with van der Waals surface area (Å²) in [7, 11) is 2.13. The molecular weight excluding hydrogens is 304 g/mol. The maximum atomic E-state index is 5.81. The Morgan fingerprint density at radius 2 is 2.21 bits per heavy atom. The molecule has 1 saturated carbocycles. The molecule has 0 radical (unpaired) electrons. The van der Waals surface area contributed by atoms with Crippen LogP contribution in [0.3, 0.4) is 0 Å². The fourth-order valence-electron chi connectivity index (χ4n) is 2.63. The fraction of sp³-hybridized carbons (Fsp3) is 0.667. The largest absolute Gasteiger partial charge is 0.490 e. The van der Waals surface area contributed by atoms with Crippen molar-refractivity contribution in [2.24, 2.45) is 0 Å². The Hall–Kier alpha value is -0.770. The number of alkyl halides is 1. The number of nitrogens with zero attached hydrogens (tertiary/aromatic N) is 2. The van der Waals surface area contributed by atoms with Crippen molar-refractivity contribution in [1.29, 1.82) is 0 Å². The summed E-state index contributed by atoms with van der Waals surface area (Å²) in [5.74, 6) is 1.87. The summed E-state index contributed by atoms with van der Waals surface area (Å²) in [4.78, 5) is 7.35. The number of halogens is 1. The smallest absolute Gasteiger partial charge is 0.171 e. The van der Waals surface area contributed by atoms with E-state index in [1.165, 1.54) is 25.7 Å². The molecule has 0 saturated heterocycles. The average Bonchev–Trinajstić information content (AvgIpc) is 2.45. The molecule has 0 spiro atoms. The van der Waals surface area contributed by atoms with Crippen molar-refractivity contribution >= 4 is 21.7 Å². The molecule has 0 N–H and O–H groups in total. The maximum Gasteiger partial charge on any atom is 0.171 e. The minimum atomic E-state index is 0.507. The van der Waals surface area contributed by atoms with Gasteiger partial charge in [0.25, 0.3) is 0 Å². The van der Waals surface area contributed by atoms with Crippen molar-refractivity contribution in [2.45, 2.75) is 49.9 Å². The summed E-state index contributed by atoms with van der Waals surface area (Å²) in [6.07, 6.45) is 7.94. The summed E-state index contributed by atoms with van der Waals surface area (Å²) < 4.78 is 5.81. The molecule has 0 amide bonds. The molecule has 19 heavy (non-hydrogen) atoms. The van der Waals surface area contributed by atoms with Crippen molar-refractivity contribution in [3.05, 3.63) is 18.3 Å². The van der Waals surface area contributed by atoms with Gasteiger partial charge in [-0.3, -0.25) is 0 Å². The topological polar surface area (TPSA) is 25.4 Å². The van der Waals surface area contributed by atoms with Gasteiger partial charge in [0.1, 0.15) is 0 Å². The SMILES string of the molecule is CCCOc1cccnc1N(C)C1CCCCC1Br. The second-order valence-electron chi connectivity index (χ2n) is 5.15. The lowest BCUT2D eigenvalue weighted by Crippen LogP contribution is -2.41. The molecule has 2 atom stereocenters. The van der Waals surface area contributed by atoms with Crippen LogP contribution in [0.4, 0.5) is 5.82 Å². The molecule has 0 aromatic carbocycles. The lowest BCUT2D eigenvalue weighted by molar-refractivity contribution is 0.315. The molecular formula is C15H23BrN2O. The van der Waals surface area contributed by atoms with Crippen molar-refractivity contribution in [3.63, 3.8) is 0 Å². The van der Waals surface area contributed by atoms with E-state index in [4.69, 9.17) is 4.74 Å². The third-order valence-electron chi connectivity index (χ3n) is 3.69. The van der Waals surface area contributed by atoms with Crippen LogP contribution in [0, 0.1) is 0 Å². The van der Waals surface area contributed by atoms with Gasteiger partial charge in [0.05, 0.1) is 6.61 Å². The maximum absolute atomic E-state index is 5.81. The van der Waals surface area contributed by atoms with E-state index in [0.717, 1.165) is 24.6 Å². The van der Waals surface area contributed by atoms with E-state index in [9.17, 15) is 0 Å². The van der Waals surface area contributed by atoms with Crippen LogP contribution >= 0.6 is 15.9 Å². The molecule has 1 fully saturated rings. The number of anilines is 1. The highest BCUT2D eigenvalue weighted by Gasteiger charge is 2.28. The van der Waals surface area contributed by atoms with Gasteiger partial charge in [-0.05, 0) is 31.4 Å². The predicted molar refractivity (Wildman–Crippen MR) is 83.4 cm³/mol. The Kier molecular flexibility index (Phi) is 5.49. The van der Waals surface area contributed by atoms with E-state index >= 15 is 0 Å². The van der Waals surface area contributed by atoms with Gasteiger partial charge in [-0.15, -0.1) is 0 Å². The zero-order chi connectivity index (χ0) is 13.7. The summed E-state index contributed by atoms with van der Waals surface area (Å²) in [5, 5.41) is 0. The Morgan fingerprint density at radius 3 is 2.95 bits per heavy atom. The standard InChI is InChI=1S/C15H23BrN2O/c1-3-11-19-14-9-6-10-17-15(14)18(2)13-8-5-4-7-12(13)16/h6,9-10,12-13H,3-5,7-8,11H2,1-2H3. The number of ether oxygens (including phenoxy) is 1. The molecule has 4 heteroatoms. The van der Waals surface area contributed by atoms with Crippen LogP contribution in [0.5, 0.6) is 5.75 Å². The Bertz CT molecular complexity index is 399. The van der Waals surface area contributed by atoms with Crippen molar-refractivity contribution in [2.75, 3.05) is 18.6 Å². The second kappa shape index (κ2) is 7.13. The van der Waals surface area contributed by atoms with E-state index in [-0.39, 0.29) is 0 Å². The summed E-state index contributed by atoms with van der Waals surface area (Å²) in [6, 6.07) is 4.46. The zero-order valence-corrected chi connectivity index (χ0v) is 13.4. The molecule has 2 rings (SSSR count). The summed E-state index contributed by atoms with van der Waals surface area (Å²) >= 11 is 3.82. The van der Waals surface area contributed by atoms with Crippen LogP contribution in [-0.4, -0.2) is 29.5 Å². The summed E-state index contributed by atoms with van der Waals surface area (Å²) in [6.45, 7) is 2.87. The first-order valence-corrected chi connectivity index (χ1v) is 8.10. The van der Waals surface area contributed by atoms with E-state index in [1.54, 1.807) is 0 Å². The highest BCUT2D eigenvalue weighted by atomic mass is 79.9. The zero-order valence-electron chi connectivity index (χ0n) is 11.8. The lowest BCUT2D eigenvalue weighted by Gasteiger charge is -2.36. The number of hydrogen-bond donors (Lipinski definition) is 0. The normalized spacial score (nSPS) is 23.1. The molecule has 0 bridgehead atoms. The first-order chi connectivity index (χ1) is 9.24. The molecule has 2 unspecified atom stereocenters. The second-order valence-corrected chi connectivity index (χ2v) is 6.33. The van der Waals surface area contributed by atoms with Gasteiger partial charge < -0.3 is 9.64 Å². The third kappa shape index (κ3) is 3.62. The lowest BCUT2D eigenvalue weighted by atomic mass is 9.94. The van der Waals surface area contributed by atoms with Crippen LogP contribution in [0.15, 0.2) is 18.3 Å². The van der Waals surface area contributed by atoms with Gasteiger partial charge in [0, 0.05) is 24.1 Å². The minimum absolute atomic E-state index is 0.507. The van der Waals surface area contributed by atoms with Gasteiger partial charge in [0.2, 0.25) is 0 Å². The molecule has 1 aromatic rings. The highest BCUT2D eigenvalue weighted by Crippen LogP contribution is 2.33. The first kappa shape index (κ1) is 14.6. The Balaban J connectivity index is 2.15. The molecule has 1 aromatic heterocycles. The van der Waals surface area contributed by atoms with Crippen molar-refractivity contribution in [1.82, 2.24) is 4.98 Å². The molecule has 0 aliphatic heterocycles. The molecule has 1 aliphatic rings. The van der Waals surface area contributed by atoms with Crippen LogP contribution in [0.2, 0.25) is 0 Å². The Morgan fingerprint density at radius 1 is 1.42 bits per heavy atom. The first-order valence-electron chi connectivity index (χ1n) is 7.18. The van der Waals surface area contributed by atoms with E-state index < -0.39 is 0 Å². The Labute approximate surface area is 124 Å². The number of hydrogen-bond acceptors (Lipinski definition) is 3. The van der Waals surface area contributed by atoms with Gasteiger partial charge in [-0.25, -0.2) is 4.98 Å². The number of rotatable bonds is 5. The van der Waals surface area contributed by atoms with E-state index in [1.807, 2.05) is 18.3 Å². The number of pyridine rings is 1. The van der Waals surface area contributed by atoms with Crippen molar-refractivity contribution < 1.29 is 4.74 Å². The van der Waals surface area contributed by atoms with Gasteiger partial charge in [-0.2, -0.15) is 0 Å². The van der Waals surface area contributed by atoms with Crippen LogP contribution < -0.4 is 9.64 Å². The number of aromatic nitrogens is 1. The van der Waals surface area contributed by atoms with Crippen molar-refractivity contribution in [3.8, 4) is 5.75 Å². The highest BCUT2D eigenvalue weighted by molar-refractivity contribution is 9.09. The fourth-order valence-corrected chi connectivity index (χ4v) is 3.57. The third-order valence-corrected chi connectivity index (χ3v) is 4.76. The predicted octanol–water partition coefficient (Wildman–Crippen LogP) is 4.01. The average molecular weight is 327 g/mol. The monoisotopic (exact) mass is 326 g/mol. The molecule has 1 aliphatic carbocycles. The minimum Gasteiger partial charge on any atom is -0.490 e. The van der Waals surface area contributed by atoms with Crippen LogP contribution in [0.1, 0.15) is 39.0 Å². The molecule has 106 valence electrons. The van der Waals surface area contributed by atoms with Gasteiger partial charge in [-0.1, -0.05) is 35.7 Å². The van der Waals surface area contributed by atoms with Crippen LogP contribution in [-0.2, 0) is 0 Å². The molecule has 3 nitrogen and oxygen atoms in total. The molecule has 1 heterocycles. The van der Waals surface area contributed by atoms with Gasteiger partial charge >= 0.3 is 0 Å². The van der Waals surface area contributed by atoms with Gasteiger partial charge in [0.15, 0.2) is 11.6 Å². The van der Waals surface area contributed by atoms with Crippen LogP contribution in [0.25, 0.3) is 0 Å². The summed E-state index contributed by atoms with van der Waals surface area (Å²) in [5.41, 5.74) is 0. The van der Waals surface area contributed by atoms with E-state index in [0.29, 0.717) is 10.9 Å².